The van der Waals surface area contributed by atoms with Crippen molar-refractivity contribution in [3.63, 3.8) is 0 Å². The zero-order valence-electron chi connectivity index (χ0n) is 10.9. The van der Waals surface area contributed by atoms with E-state index in [1.807, 2.05) is 0 Å². The average molecular weight is 228 g/mol. The van der Waals surface area contributed by atoms with Gasteiger partial charge >= 0.3 is 0 Å². The quantitative estimate of drug-likeness (QED) is 0.627. The van der Waals surface area contributed by atoms with E-state index in [0.29, 0.717) is 0 Å². The van der Waals surface area contributed by atoms with Crippen LogP contribution < -0.4 is 5.32 Å². The van der Waals surface area contributed by atoms with E-state index in [9.17, 15) is 5.11 Å². The van der Waals surface area contributed by atoms with Crippen molar-refractivity contribution in [2.24, 2.45) is 5.92 Å². The Balaban J connectivity index is 2.22. The van der Waals surface area contributed by atoms with Crippen molar-refractivity contribution in [2.45, 2.75) is 45.6 Å². The van der Waals surface area contributed by atoms with Crippen LogP contribution in [-0.2, 0) is 0 Å². The van der Waals surface area contributed by atoms with E-state index < -0.39 is 0 Å². The molecule has 3 heteroatoms. The summed E-state index contributed by atoms with van der Waals surface area (Å²) in [7, 11) is 0. The molecule has 1 aliphatic rings. The van der Waals surface area contributed by atoms with Crippen molar-refractivity contribution in [3.05, 3.63) is 0 Å². The molecular weight excluding hydrogens is 200 g/mol. The fourth-order valence-electron chi connectivity index (χ4n) is 2.22. The van der Waals surface area contributed by atoms with Gasteiger partial charge in [-0.25, -0.2) is 0 Å². The van der Waals surface area contributed by atoms with Crippen LogP contribution in [0.4, 0.5) is 0 Å². The van der Waals surface area contributed by atoms with Gasteiger partial charge in [0.15, 0.2) is 0 Å². The standard InChI is InChI=1S/C13H28N2O/c1-3-8-14-13(11-16)10-15(4-2)9-12-6-5-7-12/h12-14,16H,3-11H2,1-2H3. The lowest BCUT2D eigenvalue weighted by Crippen LogP contribution is -2.45. The van der Waals surface area contributed by atoms with Gasteiger partial charge in [0.1, 0.15) is 0 Å². The van der Waals surface area contributed by atoms with Crippen LogP contribution >= 0.6 is 0 Å². The summed E-state index contributed by atoms with van der Waals surface area (Å²) in [6.07, 6.45) is 5.36. The lowest BCUT2D eigenvalue weighted by molar-refractivity contribution is 0.146. The van der Waals surface area contributed by atoms with Gasteiger partial charge in [0.05, 0.1) is 6.61 Å². The summed E-state index contributed by atoms with van der Waals surface area (Å²) in [6.45, 7) is 8.94. The molecule has 0 amide bonds. The molecule has 16 heavy (non-hydrogen) atoms. The summed E-state index contributed by atoms with van der Waals surface area (Å²) in [5.74, 6) is 0.922. The molecule has 0 aromatic rings. The third kappa shape index (κ3) is 4.81. The first kappa shape index (κ1) is 13.9. The zero-order valence-corrected chi connectivity index (χ0v) is 10.9. The van der Waals surface area contributed by atoms with E-state index in [0.717, 1.165) is 32.0 Å². The summed E-state index contributed by atoms with van der Waals surface area (Å²) in [4.78, 5) is 2.48. The van der Waals surface area contributed by atoms with Gasteiger partial charge in [-0.1, -0.05) is 20.3 Å². The van der Waals surface area contributed by atoms with E-state index in [1.165, 1.54) is 25.8 Å². The predicted molar refractivity (Wildman–Crippen MR) is 68.6 cm³/mol. The highest BCUT2D eigenvalue weighted by molar-refractivity contribution is 4.77. The molecule has 0 aliphatic heterocycles. The molecule has 0 aromatic carbocycles. The van der Waals surface area contributed by atoms with Gasteiger partial charge in [-0.2, -0.15) is 0 Å². The minimum absolute atomic E-state index is 0.250. The summed E-state index contributed by atoms with van der Waals surface area (Å²) in [6, 6.07) is 0.250. The van der Waals surface area contributed by atoms with Gasteiger partial charge < -0.3 is 15.3 Å². The van der Waals surface area contributed by atoms with Gasteiger partial charge in [0, 0.05) is 19.1 Å². The highest BCUT2D eigenvalue weighted by Gasteiger charge is 2.21. The highest BCUT2D eigenvalue weighted by atomic mass is 16.3. The Morgan fingerprint density at radius 3 is 2.56 bits per heavy atom. The first-order chi connectivity index (χ1) is 7.80. The molecule has 0 heterocycles. The van der Waals surface area contributed by atoms with Gasteiger partial charge in [-0.15, -0.1) is 0 Å². The summed E-state index contributed by atoms with van der Waals surface area (Å²) >= 11 is 0. The van der Waals surface area contributed by atoms with Gasteiger partial charge in [-0.05, 0) is 38.3 Å². The Labute approximate surface area is 100 Å². The van der Waals surface area contributed by atoms with Crippen molar-refractivity contribution in [3.8, 4) is 0 Å². The van der Waals surface area contributed by atoms with Crippen LogP contribution in [0.25, 0.3) is 0 Å². The van der Waals surface area contributed by atoms with Crippen LogP contribution in [0.1, 0.15) is 39.5 Å². The molecule has 1 rings (SSSR count). The number of aliphatic hydroxyl groups excluding tert-OH is 1. The molecule has 1 saturated carbocycles. The number of hydrogen-bond acceptors (Lipinski definition) is 3. The van der Waals surface area contributed by atoms with Crippen LogP contribution in [0.3, 0.4) is 0 Å². The number of aliphatic hydroxyl groups is 1. The molecule has 1 unspecified atom stereocenters. The molecule has 0 aromatic heterocycles. The molecule has 96 valence electrons. The molecule has 3 nitrogen and oxygen atoms in total. The smallest absolute Gasteiger partial charge is 0.0597 e. The maximum absolute atomic E-state index is 9.31. The van der Waals surface area contributed by atoms with Crippen LogP contribution in [0.2, 0.25) is 0 Å². The Kier molecular flexibility index (Phi) is 7.01. The maximum Gasteiger partial charge on any atom is 0.0597 e. The normalized spacial score (nSPS) is 18.8. The molecule has 0 spiro atoms. The Morgan fingerprint density at radius 2 is 2.12 bits per heavy atom. The number of hydrogen-bond donors (Lipinski definition) is 2. The highest BCUT2D eigenvalue weighted by Crippen LogP contribution is 2.26. The molecule has 0 saturated heterocycles. The summed E-state index contributed by atoms with van der Waals surface area (Å²) < 4.78 is 0. The summed E-state index contributed by atoms with van der Waals surface area (Å²) in [5.41, 5.74) is 0. The second-order valence-corrected chi connectivity index (χ2v) is 4.98. The maximum atomic E-state index is 9.31. The summed E-state index contributed by atoms with van der Waals surface area (Å²) in [5, 5.41) is 12.7. The monoisotopic (exact) mass is 228 g/mol. The van der Waals surface area contributed by atoms with Gasteiger partial charge in [0.25, 0.3) is 0 Å². The Bertz CT molecular complexity index is 171. The van der Waals surface area contributed by atoms with E-state index in [1.54, 1.807) is 0 Å². The Hall–Kier alpha value is -0.120. The second kappa shape index (κ2) is 8.04. The number of nitrogens with one attached hydrogen (secondary N) is 1. The third-order valence-electron chi connectivity index (χ3n) is 3.57. The van der Waals surface area contributed by atoms with E-state index in [2.05, 4.69) is 24.1 Å². The topological polar surface area (TPSA) is 35.5 Å². The molecule has 2 N–H and O–H groups in total. The van der Waals surface area contributed by atoms with Crippen LogP contribution in [-0.4, -0.2) is 48.8 Å². The second-order valence-electron chi connectivity index (χ2n) is 4.98. The number of nitrogens with zero attached hydrogens (tertiary/aromatic N) is 1. The van der Waals surface area contributed by atoms with Crippen LogP contribution in [0.15, 0.2) is 0 Å². The minimum atomic E-state index is 0.250. The minimum Gasteiger partial charge on any atom is -0.395 e. The van der Waals surface area contributed by atoms with Crippen molar-refractivity contribution in [1.82, 2.24) is 10.2 Å². The fourth-order valence-corrected chi connectivity index (χ4v) is 2.22. The van der Waals surface area contributed by atoms with Gasteiger partial charge in [0.2, 0.25) is 0 Å². The SMILES string of the molecule is CCCNC(CO)CN(CC)CC1CCC1. The van der Waals surface area contributed by atoms with Crippen LogP contribution in [0, 0.1) is 5.92 Å². The fraction of sp³-hybridized carbons (Fsp3) is 1.00. The number of likely N-dealkylation sites (N-methyl/N-ethyl adjacent to an activating group) is 1. The van der Waals surface area contributed by atoms with Crippen molar-refractivity contribution in [1.29, 1.82) is 0 Å². The molecule has 1 fully saturated rings. The first-order valence-electron chi connectivity index (χ1n) is 6.86. The largest absolute Gasteiger partial charge is 0.395 e. The lowest BCUT2D eigenvalue weighted by atomic mass is 9.85. The third-order valence-corrected chi connectivity index (χ3v) is 3.57. The van der Waals surface area contributed by atoms with Gasteiger partial charge in [-0.3, -0.25) is 0 Å². The number of rotatable bonds is 9. The first-order valence-corrected chi connectivity index (χ1v) is 6.86. The van der Waals surface area contributed by atoms with E-state index in [4.69, 9.17) is 0 Å². The van der Waals surface area contributed by atoms with E-state index in [-0.39, 0.29) is 12.6 Å². The Morgan fingerprint density at radius 1 is 1.38 bits per heavy atom. The van der Waals surface area contributed by atoms with Crippen molar-refractivity contribution in [2.75, 3.05) is 32.8 Å². The van der Waals surface area contributed by atoms with Crippen LogP contribution in [0.5, 0.6) is 0 Å². The van der Waals surface area contributed by atoms with Crippen molar-refractivity contribution < 1.29 is 5.11 Å². The molecule has 0 bridgehead atoms. The van der Waals surface area contributed by atoms with E-state index >= 15 is 0 Å². The molecule has 0 radical (unpaired) electrons. The zero-order chi connectivity index (χ0) is 11.8. The lowest BCUT2D eigenvalue weighted by Gasteiger charge is -2.33. The van der Waals surface area contributed by atoms with Crippen molar-refractivity contribution >= 4 is 0 Å². The molecular formula is C13H28N2O. The average Bonchev–Trinajstić information content (AvgIpc) is 2.26. The molecule has 1 atom stereocenters. The molecule has 1 aliphatic carbocycles. The predicted octanol–water partition coefficient (Wildman–Crippen LogP) is 1.47.